The van der Waals surface area contributed by atoms with Gasteiger partial charge in [-0.05, 0) is 37.0 Å². The van der Waals surface area contributed by atoms with Crippen LogP contribution in [0.15, 0.2) is 18.2 Å². The lowest BCUT2D eigenvalue weighted by atomic mass is 9.79. The predicted octanol–water partition coefficient (Wildman–Crippen LogP) is 3.94. The summed E-state index contributed by atoms with van der Waals surface area (Å²) in [5.74, 6) is 0.295. The molecule has 0 radical (unpaired) electrons. The van der Waals surface area contributed by atoms with Crippen LogP contribution in [0.2, 0.25) is 0 Å². The second-order valence-electron chi connectivity index (χ2n) is 6.90. The Kier molecular flexibility index (Phi) is 5.35. The molecule has 1 atom stereocenters. The predicted molar refractivity (Wildman–Crippen MR) is 86.9 cm³/mol. The van der Waals surface area contributed by atoms with E-state index in [1.165, 1.54) is 12.5 Å². The minimum Gasteiger partial charge on any atom is -0.508 e. The van der Waals surface area contributed by atoms with Gasteiger partial charge < -0.3 is 10.4 Å². The van der Waals surface area contributed by atoms with E-state index in [1.54, 1.807) is 0 Å². The maximum Gasteiger partial charge on any atom is 0.416 e. The number of nitrogens with one attached hydrogen (secondary N) is 1. The Morgan fingerprint density at radius 1 is 1.08 bits per heavy atom. The van der Waals surface area contributed by atoms with Gasteiger partial charge in [0.1, 0.15) is 5.75 Å². The monoisotopic (exact) mass is 342 g/mol. The fraction of sp³-hybridized carbons (Fsp3) is 0.667. The second kappa shape index (κ2) is 7.31. The maximum atomic E-state index is 13.1. The van der Waals surface area contributed by atoms with Crippen molar-refractivity contribution in [1.29, 1.82) is 0 Å². The summed E-state index contributed by atoms with van der Waals surface area (Å²) in [5.41, 5.74) is -0.232. The number of alkyl halides is 3. The van der Waals surface area contributed by atoms with E-state index >= 15 is 0 Å². The van der Waals surface area contributed by atoms with Crippen molar-refractivity contribution < 1.29 is 18.3 Å². The van der Waals surface area contributed by atoms with E-state index in [0.29, 0.717) is 11.5 Å². The quantitative estimate of drug-likeness (QED) is 0.873. The van der Waals surface area contributed by atoms with Gasteiger partial charge in [-0.3, -0.25) is 4.90 Å². The number of rotatable bonds is 3. The summed E-state index contributed by atoms with van der Waals surface area (Å²) in [4.78, 5) is 2.25. The molecule has 0 bridgehead atoms. The molecule has 6 heteroatoms. The van der Waals surface area contributed by atoms with Crippen molar-refractivity contribution in [3.05, 3.63) is 29.3 Å². The first-order valence-corrected chi connectivity index (χ1v) is 8.81. The Morgan fingerprint density at radius 3 is 2.38 bits per heavy atom. The van der Waals surface area contributed by atoms with Gasteiger partial charge >= 0.3 is 6.18 Å². The third-order valence-electron chi connectivity index (χ3n) is 5.31. The summed E-state index contributed by atoms with van der Waals surface area (Å²) in [7, 11) is 0. The van der Waals surface area contributed by atoms with E-state index in [-0.39, 0.29) is 11.8 Å². The van der Waals surface area contributed by atoms with E-state index in [9.17, 15) is 18.3 Å². The molecular formula is C18H25F3N2O. The number of benzene rings is 1. The Labute approximate surface area is 140 Å². The topological polar surface area (TPSA) is 35.5 Å². The molecule has 1 saturated carbocycles. The molecule has 1 heterocycles. The molecule has 3 rings (SSSR count). The smallest absolute Gasteiger partial charge is 0.416 e. The molecule has 1 saturated heterocycles. The zero-order valence-electron chi connectivity index (χ0n) is 13.8. The molecule has 1 aromatic rings. The van der Waals surface area contributed by atoms with Crippen molar-refractivity contribution in [3.63, 3.8) is 0 Å². The Bertz CT molecular complexity index is 532. The molecule has 24 heavy (non-hydrogen) atoms. The molecule has 0 amide bonds. The van der Waals surface area contributed by atoms with Crippen LogP contribution in [0.3, 0.4) is 0 Å². The highest BCUT2D eigenvalue weighted by Crippen LogP contribution is 2.43. The van der Waals surface area contributed by atoms with Crippen LogP contribution < -0.4 is 5.32 Å². The maximum absolute atomic E-state index is 13.1. The Morgan fingerprint density at radius 2 is 1.75 bits per heavy atom. The van der Waals surface area contributed by atoms with Gasteiger partial charge in [0.2, 0.25) is 0 Å². The summed E-state index contributed by atoms with van der Waals surface area (Å²) in [6.45, 7) is 3.28. The number of halogens is 3. The molecule has 134 valence electrons. The zero-order chi connectivity index (χ0) is 17.2. The van der Waals surface area contributed by atoms with Crippen LogP contribution in [0.25, 0.3) is 0 Å². The summed E-state index contributed by atoms with van der Waals surface area (Å²) in [6, 6.07) is 3.20. The van der Waals surface area contributed by atoms with Crippen LogP contribution in [-0.4, -0.2) is 36.2 Å². The minimum atomic E-state index is -4.39. The van der Waals surface area contributed by atoms with Gasteiger partial charge in [-0.15, -0.1) is 0 Å². The molecule has 0 spiro atoms. The normalized spacial score (nSPS) is 22.5. The molecule has 2 aliphatic rings. The molecule has 3 nitrogen and oxygen atoms in total. The average Bonchev–Trinajstić information content (AvgIpc) is 2.58. The Hall–Kier alpha value is -1.27. The van der Waals surface area contributed by atoms with E-state index in [4.69, 9.17) is 0 Å². The highest BCUT2D eigenvalue weighted by Gasteiger charge is 2.36. The lowest BCUT2D eigenvalue weighted by Crippen LogP contribution is -2.47. The highest BCUT2D eigenvalue weighted by atomic mass is 19.4. The lowest BCUT2D eigenvalue weighted by molar-refractivity contribution is -0.137. The van der Waals surface area contributed by atoms with Crippen molar-refractivity contribution in [2.24, 2.45) is 5.92 Å². The van der Waals surface area contributed by atoms with Gasteiger partial charge in [0, 0.05) is 37.8 Å². The molecule has 1 aromatic carbocycles. The van der Waals surface area contributed by atoms with Gasteiger partial charge in [0.05, 0.1) is 5.56 Å². The minimum absolute atomic E-state index is 0.0166. The van der Waals surface area contributed by atoms with Gasteiger partial charge in [-0.1, -0.05) is 19.3 Å². The van der Waals surface area contributed by atoms with Crippen molar-refractivity contribution in [2.45, 2.75) is 44.3 Å². The first kappa shape index (κ1) is 17.5. The molecule has 0 unspecified atom stereocenters. The number of nitrogens with zero attached hydrogens (tertiary/aromatic N) is 1. The second-order valence-corrected chi connectivity index (χ2v) is 6.90. The van der Waals surface area contributed by atoms with Crippen LogP contribution in [0.1, 0.15) is 49.3 Å². The largest absolute Gasteiger partial charge is 0.508 e. The Balaban J connectivity index is 1.97. The van der Waals surface area contributed by atoms with Gasteiger partial charge in [-0.25, -0.2) is 0 Å². The number of piperazine rings is 1. The molecule has 0 aromatic heterocycles. The highest BCUT2D eigenvalue weighted by molar-refractivity contribution is 5.40. The fourth-order valence-electron chi connectivity index (χ4n) is 4.13. The van der Waals surface area contributed by atoms with Crippen LogP contribution in [0.5, 0.6) is 5.75 Å². The van der Waals surface area contributed by atoms with E-state index in [1.807, 2.05) is 0 Å². The third-order valence-corrected chi connectivity index (χ3v) is 5.31. The lowest BCUT2D eigenvalue weighted by Gasteiger charge is -2.41. The van der Waals surface area contributed by atoms with Crippen molar-refractivity contribution in [2.75, 3.05) is 26.2 Å². The van der Waals surface area contributed by atoms with Crippen LogP contribution in [-0.2, 0) is 6.18 Å². The number of hydrogen-bond acceptors (Lipinski definition) is 3. The van der Waals surface area contributed by atoms with Gasteiger partial charge in [-0.2, -0.15) is 13.2 Å². The van der Waals surface area contributed by atoms with E-state index in [2.05, 4.69) is 10.2 Å². The first-order chi connectivity index (χ1) is 11.5. The van der Waals surface area contributed by atoms with Gasteiger partial charge in [0.15, 0.2) is 0 Å². The number of phenolic OH excluding ortho intramolecular Hbond substituents is 1. The molecule has 2 N–H and O–H groups in total. The van der Waals surface area contributed by atoms with Crippen molar-refractivity contribution >= 4 is 0 Å². The summed E-state index contributed by atoms with van der Waals surface area (Å²) >= 11 is 0. The van der Waals surface area contributed by atoms with Crippen molar-refractivity contribution in [1.82, 2.24) is 10.2 Å². The van der Waals surface area contributed by atoms with E-state index in [0.717, 1.165) is 64.0 Å². The van der Waals surface area contributed by atoms with E-state index < -0.39 is 11.7 Å². The zero-order valence-corrected chi connectivity index (χ0v) is 13.8. The number of aromatic hydroxyl groups is 1. The average molecular weight is 342 g/mol. The van der Waals surface area contributed by atoms with Crippen molar-refractivity contribution in [3.8, 4) is 5.75 Å². The van der Waals surface area contributed by atoms with Crippen LogP contribution in [0, 0.1) is 5.92 Å². The number of phenols is 1. The fourth-order valence-corrected chi connectivity index (χ4v) is 4.13. The first-order valence-electron chi connectivity index (χ1n) is 8.81. The molecule has 2 fully saturated rings. The molecule has 1 aliphatic carbocycles. The number of hydrogen-bond donors (Lipinski definition) is 2. The molecule has 1 aliphatic heterocycles. The van der Waals surface area contributed by atoms with Crippen LogP contribution >= 0.6 is 0 Å². The SMILES string of the molecule is Oc1ccc(C(F)(F)F)cc1[C@@H](C1CCCCC1)N1CCNCC1. The molecular weight excluding hydrogens is 317 g/mol. The summed E-state index contributed by atoms with van der Waals surface area (Å²) in [6.07, 6.45) is 1.08. The summed E-state index contributed by atoms with van der Waals surface area (Å²) < 4.78 is 39.4. The summed E-state index contributed by atoms with van der Waals surface area (Å²) in [5, 5.41) is 13.6. The van der Waals surface area contributed by atoms with Gasteiger partial charge in [0.25, 0.3) is 0 Å². The third kappa shape index (κ3) is 3.86. The standard InChI is InChI=1S/C18H25F3N2O/c19-18(20,21)14-6-7-16(24)15(12-14)17(13-4-2-1-3-5-13)23-10-8-22-9-11-23/h6-7,12-13,17,22,24H,1-5,8-11H2/t17-/m1/s1. The van der Waals surface area contributed by atoms with Crippen LogP contribution in [0.4, 0.5) is 13.2 Å².